The van der Waals surface area contributed by atoms with E-state index in [1.807, 2.05) is 0 Å². The van der Waals surface area contributed by atoms with Crippen molar-refractivity contribution >= 4 is 149 Å². The Kier molecular flexibility index (Phi) is 35.0. The smallest absolute Gasteiger partial charge is 0.550 e. The van der Waals surface area contributed by atoms with Crippen LogP contribution in [-0.4, -0.2) is 181 Å². The van der Waals surface area contributed by atoms with Crippen LogP contribution in [0.1, 0.15) is 25.7 Å². The Balaban J connectivity index is -0.0000000640. The predicted octanol–water partition coefficient (Wildman–Crippen LogP) is -13.3. The fraction of sp³-hybridized carbons (Fsp3) is 0.500. The number of carbonyl (C=O) groups excluding carboxylic acids is 6. The Morgan fingerprint density at radius 2 is 0.613 bits per heavy atom. The summed E-state index contributed by atoms with van der Waals surface area (Å²) in [5.41, 5.74) is -5.95. The van der Waals surface area contributed by atoms with Gasteiger partial charge in [-0.05, 0) is 0 Å². The molecule has 0 rings (SSSR count). The monoisotopic (exact) mass is 534 g/mol. The van der Waals surface area contributed by atoms with E-state index in [-0.39, 0.29) is 124 Å². The van der Waals surface area contributed by atoms with Gasteiger partial charge in [-0.25, -0.2) is 0 Å². The van der Waals surface area contributed by atoms with Crippen molar-refractivity contribution in [1.29, 1.82) is 0 Å². The molecule has 31 heavy (non-hydrogen) atoms. The Labute approximate surface area is 262 Å². The molecule has 0 atom stereocenters. The van der Waals surface area contributed by atoms with Gasteiger partial charge in [-0.3, -0.25) is 0 Å². The van der Waals surface area contributed by atoms with Crippen LogP contribution in [0.2, 0.25) is 0 Å². The molecule has 0 saturated heterocycles. The second kappa shape index (κ2) is 22.2. The summed E-state index contributed by atoms with van der Waals surface area (Å²) in [6, 6.07) is 0. The number of hydrogen-bond acceptors (Lipinski definition) is 14. The summed E-state index contributed by atoms with van der Waals surface area (Å²) in [7, 11) is 0. The van der Waals surface area contributed by atoms with Gasteiger partial charge >= 0.3 is 113 Å². The molecule has 19 heteroatoms. The van der Waals surface area contributed by atoms with Gasteiger partial charge in [-0.1, -0.05) is 0 Å². The second-order valence-corrected chi connectivity index (χ2v) is 4.83. The molecule has 0 aromatic heterocycles. The fourth-order valence-corrected chi connectivity index (χ4v) is 1.37. The fourth-order valence-electron chi connectivity index (χ4n) is 1.37. The minimum atomic E-state index is -2.97. The van der Waals surface area contributed by atoms with Crippen LogP contribution in [0.4, 0.5) is 0 Å². The van der Waals surface area contributed by atoms with Crippen LogP contribution >= 0.6 is 0 Å². The van der Waals surface area contributed by atoms with Gasteiger partial charge in [0.05, 0.1) is 11.9 Å². The second-order valence-electron chi connectivity index (χ2n) is 4.83. The number of aliphatic hydroxyl groups is 2. The third-order valence-electron chi connectivity index (χ3n) is 2.51. The molecule has 0 heterocycles. The van der Waals surface area contributed by atoms with E-state index in [1.54, 1.807) is 0 Å². The van der Waals surface area contributed by atoms with Gasteiger partial charge in [0.1, 0.15) is 11.2 Å². The molecule has 164 valence electrons. The molecule has 0 saturated carbocycles. The molecule has 0 aromatic carbocycles. The van der Waals surface area contributed by atoms with Gasteiger partial charge in [0, 0.05) is 49.6 Å². The largest absolute Gasteiger partial charge is 2.00 e. The number of aliphatic carboxylic acids is 6. The van der Waals surface area contributed by atoms with E-state index in [0.29, 0.717) is 0 Å². The van der Waals surface area contributed by atoms with E-state index >= 15 is 0 Å². The molecule has 6 N–H and O–H groups in total. The third-order valence-corrected chi connectivity index (χ3v) is 2.51. The standard InChI is InChI=1S/2C6H8O7.3Ca.2H2O/c2*7-3(8)1-6(13,5(11)12)2-4(9)10;;;;;/h2*13H,1-2H2,(H,7,8)(H,9,10)(H,11,12);;;;2*1H2/q;;3*+2;;/p-6. The summed E-state index contributed by atoms with van der Waals surface area (Å²) in [5, 5.41) is 77.9. The predicted molar refractivity (Wildman–Crippen MR) is 82.9 cm³/mol. The van der Waals surface area contributed by atoms with Gasteiger partial charge in [0.15, 0.2) is 0 Å². The first kappa shape index (κ1) is 48.8. The topological polar surface area (TPSA) is 344 Å². The van der Waals surface area contributed by atoms with Crippen molar-refractivity contribution in [1.82, 2.24) is 0 Å². The van der Waals surface area contributed by atoms with Crippen LogP contribution in [0.25, 0.3) is 0 Å². The van der Waals surface area contributed by atoms with Gasteiger partial charge in [-0.15, -0.1) is 0 Å². The molecule has 0 bridgehead atoms. The Morgan fingerprint density at radius 3 is 0.677 bits per heavy atom. The van der Waals surface area contributed by atoms with Crippen molar-refractivity contribution in [2.45, 2.75) is 36.9 Å². The van der Waals surface area contributed by atoms with E-state index in [1.165, 1.54) is 0 Å². The minimum absolute atomic E-state index is 0. The number of hydrogen-bond donors (Lipinski definition) is 2. The van der Waals surface area contributed by atoms with Crippen LogP contribution in [0.5, 0.6) is 0 Å². The molecule has 0 amide bonds. The maximum atomic E-state index is 10.1. The minimum Gasteiger partial charge on any atom is -0.550 e. The summed E-state index contributed by atoms with van der Waals surface area (Å²) in [6.07, 6.45) is -5.43. The Morgan fingerprint density at radius 1 is 0.484 bits per heavy atom. The molecule has 0 aliphatic heterocycles. The number of carbonyl (C=O) groups is 6. The molecule has 0 spiro atoms. The first-order valence-electron chi connectivity index (χ1n) is 6.23. The number of carboxylic acids is 6. The van der Waals surface area contributed by atoms with Crippen LogP contribution < -0.4 is 30.6 Å². The van der Waals surface area contributed by atoms with Crippen LogP contribution in [0.15, 0.2) is 0 Å². The maximum Gasteiger partial charge on any atom is 2.00 e. The maximum absolute atomic E-state index is 10.1. The molecule has 0 radical (unpaired) electrons. The van der Waals surface area contributed by atoms with E-state index in [4.69, 9.17) is 10.2 Å². The van der Waals surface area contributed by atoms with Crippen molar-refractivity contribution in [2.75, 3.05) is 0 Å². The normalized spacial score (nSPS) is 9.10. The Bertz CT molecular complexity index is 523. The summed E-state index contributed by atoms with van der Waals surface area (Å²) in [5.74, 6) is -12.0. The average Bonchev–Trinajstić information content (AvgIpc) is 2.34. The zero-order valence-electron chi connectivity index (χ0n) is 15.7. The van der Waals surface area contributed by atoms with Crippen LogP contribution in [0, 0.1) is 0 Å². The quantitative estimate of drug-likeness (QED) is 0.246. The van der Waals surface area contributed by atoms with Crippen molar-refractivity contribution in [3.63, 3.8) is 0 Å². The molecular weight excluding hydrogens is 520 g/mol. The van der Waals surface area contributed by atoms with Crippen LogP contribution in [0.3, 0.4) is 0 Å². The zero-order valence-corrected chi connectivity index (χ0v) is 22.4. The van der Waals surface area contributed by atoms with Gasteiger partial charge < -0.3 is 80.6 Å². The molecule has 16 nitrogen and oxygen atoms in total. The summed E-state index contributed by atoms with van der Waals surface area (Å²) in [6.45, 7) is 0. The average molecular weight is 534 g/mol. The summed E-state index contributed by atoms with van der Waals surface area (Å²) >= 11 is 0. The van der Waals surface area contributed by atoms with Crippen molar-refractivity contribution < 1.29 is 80.6 Å². The molecule has 0 unspecified atom stereocenters. The van der Waals surface area contributed by atoms with Gasteiger partial charge in [0.2, 0.25) is 0 Å². The first-order valence-corrected chi connectivity index (χ1v) is 6.23. The van der Waals surface area contributed by atoms with E-state index in [0.717, 1.165) is 0 Å². The number of carboxylic acid groups (broad SMARTS) is 6. The SMILES string of the molecule is O.O.O=C([O-])CC(O)(CC(=O)[O-])C(=O)[O-].O=C([O-])CC(O)(CC(=O)[O-])C(=O)[O-].[Ca+2].[Ca+2].[Ca+2]. The molecular formula is C12H14Ca3O16. The molecule has 0 aliphatic rings. The molecule has 0 fully saturated rings. The third kappa shape index (κ3) is 23.4. The number of rotatable bonds is 10. The van der Waals surface area contributed by atoms with Crippen molar-refractivity contribution in [3.05, 3.63) is 0 Å². The summed E-state index contributed by atoms with van der Waals surface area (Å²) in [4.78, 5) is 60.0. The van der Waals surface area contributed by atoms with Gasteiger partial charge in [-0.2, -0.15) is 0 Å². The van der Waals surface area contributed by atoms with Crippen molar-refractivity contribution in [2.24, 2.45) is 0 Å². The Hall–Kier alpha value is 0.439. The summed E-state index contributed by atoms with van der Waals surface area (Å²) < 4.78 is 0. The van der Waals surface area contributed by atoms with Crippen molar-refractivity contribution in [3.8, 4) is 0 Å². The van der Waals surface area contributed by atoms with E-state index < -0.39 is 72.7 Å². The van der Waals surface area contributed by atoms with Crippen LogP contribution in [-0.2, 0) is 28.8 Å². The van der Waals surface area contributed by atoms with Gasteiger partial charge in [0.25, 0.3) is 0 Å². The van der Waals surface area contributed by atoms with E-state index in [2.05, 4.69) is 0 Å². The zero-order chi connectivity index (χ0) is 21.3. The molecule has 0 aromatic rings. The first-order chi connectivity index (χ1) is 11.6. The van der Waals surface area contributed by atoms with E-state index in [9.17, 15) is 59.4 Å². The molecule has 0 aliphatic carbocycles.